The summed E-state index contributed by atoms with van der Waals surface area (Å²) in [7, 11) is 0. The van der Waals surface area contributed by atoms with Gasteiger partial charge in [0.25, 0.3) is 0 Å². The molecular weight excluding hydrogens is 106 g/mol. The van der Waals surface area contributed by atoms with Crippen molar-refractivity contribution in [2.24, 2.45) is 5.90 Å². The molecule has 0 amide bonds. The lowest BCUT2D eigenvalue weighted by Gasteiger charge is -1.93. The number of carbonyl (C=O) groups excluding carboxylic acids is 1. The van der Waals surface area contributed by atoms with Crippen LogP contribution in [0.15, 0.2) is 12.2 Å². The summed E-state index contributed by atoms with van der Waals surface area (Å²) in [6, 6.07) is 0. The quantitative estimate of drug-likeness (QED) is 0.416. The summed E-state index contributed by atoms with van der Waals surface area (Å²) in [6.07, 6.45) is 0. The van der Waals surface area contributed by atoms with E-state index in [2.05, 4.69) is 17.3 Å². The molecule has 0 atom stereocenters. The first-order valence-electron chi connectivity index (χ1n) is 2.19. The van der Waals surface area contributed by atoms with E-state index in [1.54, 1.807) is 6.92 Å². The van der Waals surface area contributed by atoms with Crippen LogP contribution >= 0.6 is 0 Å². The molecule has 0 aliphatic rings. The highest BCUT2D eigenvalue weighted by Crippen LogP contribution is 1.87. The highest BCUT2D eigenvalue weighted by Gasteiger charge is 1.98. The molecule has 0 saturated heterocycles. The van der Waals surface area contributed by atoms with Crippen molar-refractivity contribution in [3.63, 3.8) is 0 Å². The maximum atomic E-state index is 10.4. The predicted molar refractivity (Wildman–Crippen MR) is 30.0 cm³/mol. The monoisotopic (exact) mass is 115 g/mol. The standard InChI is InChI=1S/C5H9NO2/c1-4(2)5(7)3-8-6/h1,3,6H2,2H3. The lowest BCUT2D eigenvalue weighted by atomic mass is 10.2. The van der Waals surface area contributed by atoms with Gasteiger partial charge in [-0.05, 0) is 12.5 Å². The second kappa shape index (κ2) is 3.35. The Morgan fingerprint density at radius 2 is 2.38 bits per heavy atom. The molecule has 0 aromatic rings. The summed E-state index contributed by atoms with van der Waals surface area (Å²) in [6.45, 7) is 4.93. The van der Waals surface area contributed by atoms with Gasteiger partial charge in [-0.15, -0.1) is 0 Å². The van der Waals surface area contributed by atoms with Gasteiger partial charge in [0.2, 0.25) is 0 Å². The summed E-state index contributed by atoms with van der Waals surface area (Å²) in [5, 5.41) is 0. The molecule has 0 bridgehead atoms. The third kappa shape index (κ3) is 2.49. The summed E-state index contributed by atoms with van der Waals surface area (Å²) in [5.74, 6) is 4.45. The average molecular weight is 115 g/mol. The fourth-order valence-corrected chi connectivity index (χ4v) is 0.199. The minimum absolute atomic E-state index is 0.0741. The van der Waals surface area contributed by atoms with Gasteiger partial charge in [-0.25, -0.2) is 5.90 Å². The molecule has 0 unspecified atom stereocenters. The van der Waals surface area contributed by atoms with Gasteiger partial charge < -0.3 is 0 Å². The lowest BCUT2D eigenvalue weighted by Crippen LogP contribution is -2.12. The first-order chi connectivity index (χ1) is 3.68. The maximum Gasteiger partial charge on any atom is 0.185 e. The third-order valence-corrected chi connectivity index (χ3v) is 0.690. The number of hydrogen-bond donors (Lipinski definition) is 1. The van der Waals surface area contributed by atoms with Crippen LogP contribution in [0.2, 0.25) is 0 Å². The average Bonchev–Trinajstić information content (AvgIpc) is 1.67. The Morgan fingerprint density at radius 1 is 1.88 bits per heavy atom. The van der Waals surface area contributed by atoms with E-state index in [1.165, 1.54) is 0 Å². The zero-order valence-electron chi connectivity index (χ0n) is 4.81. The van der Waals surface area contributed by atoms with Crippen LogP contribution in [0.5, 0.6) is 0 Å². The summed E-state index contributed by atoms with van der Waals surface area (Å²) in [5.41, 5.74) is 0.468. The van der Waals surface area contributed by atoms with Crippen molar-refractivity contribution in [2.75, 3.05) is 6.61 Å². The molecule has 0 radical (unpaired) electrons. The predicted octanol–water partition coefficient (Wildman–Crippen LogP) is 0.0219. The largest absolute Gasteiger partial charge is 0.296 e. The molecule has 0 saturated carbocycles. The SMILES string of the molecule is C=C(C)C(=O)CON. The number of Topliss-reactive ketones (excluding diaryl/α,β-unsaturated/α-hetero) is 1. The Balaban J connectivity index is 3.49. The van der Waals surface area contributed by atoms with Gasteiger partial charge in [0, 0.05) is 0 Å². The molecule has 0 rings (SSSR count). The highest BCUT2D eigenvalue weighted by molar-refractivity contribution is 5.95. The number of carbonyl (C=O) groups is 1. The molecule has 0 spiro atoms. The minimum Gasteiger partial charge on any atom is -0.296 e. The molecule has 0 aromatic carbocycles. The Morgan fingerprint density at radius 3 is 2.50 bits per heavy atom. The Kier molecular flexibility index (Phi) is 3.07. The van der Waals surface area contributed by atoms with Gasteiger partial charge in [-0.1, -0.05) is 6.58 Å². The second-order valence-electron chi connectivity index (χ2n) is 1.51. The van der Waals surface area contributed by atoms with Gasteiger partial charge >= 0.3 is 0 Å². The Labute approximate surface area is 48.1 Å². The highest BCUT2D eigenvalue weighted by atomic mass is 16.6. The molecule has 2 N–H and O–H groups in total. The van der Waals surface area contributed by atoms with E-state index >= 15 is 0 Å². The van der Waals surface area contributed by atoms with Crippen LogP contribution in [0.25, 0.3) is 0 Å². The van der Waals surface area contributed by atoms with E-state index < -0.39 is 0 Å². The van der Waals surface area contributed by atoms with Crippen molar-refractivity contribution >= 4 is 5.78 Å². The summed E-state index contributed by atoms with van der Waals surface area (Å²) < 4.78 is 0. The maximum absolute atomic E-state index is 10.4. The van der Waals surface area contributed by atoms with E-state index in [9.17, 15) is 4.79 Å². The van der Waals surface area contributed by atoms with E-state index in [-0.39, 0.29) is 12.4 Å². The first-order valence-corrected chi connectivity index (χ1v) is 2.19. The van der Waals surface area contributed by atoms with Gasteiger partial charge in [0.15, 0.2) is 5.78 Å². The van der Waals surface area contributed by atoms with Gasteiger partial charge in [-0.3, -0.25) is 9.63 Å². The van der Waals surface area contributed by atoms with Crippen LogP contribution in [-0.2, 0) is 9.63 Å². The molecular formula is C5H9NO2. The molecule has 0 heterocycles. The number of hydrogen-bond acceptors (Lipinski definition) is 3. The molecule has 0 aliphatic carbocycles. The molecule has 8 heavy (non-hydrogen) atoms. The Bertz CT molecular complexity index is 109. The third-order valence-electron chi connectivity index (χ3n) is 0.690. The minimum atomic E-state index is -0.160. The van der Waals surface area contributed by atoms with Crippen molar-refractivity contribution in [1.29, 1.82) is 0 Å². The van der Waals surface area contributed by atoms with Crippen LogP contribution in [0.3, 0.4) is 0 Å². The van der Waals surface area contributed by atoms with Gasteiger partial charge in [0.05, 0.1) is 0 Å². The van der Waals surface area contributed by atoms with Crippen molar-refractivity contribution in [1.82, 2.24) is 0 Å². The van der Waals surface area contributed by atoms with Crippen LogP contribution < -0.4 is 5.90 Å². The lowest BCUT2D eigenvalue weighted by molar-refractivity contribution is -0.119. The number of ketones is 1. The summed E-state index contributed by atoms with van der Waals surface area (Å²) >= 11 is 0. The van der Waals surface area contributed by atoms with Crippen LogP contribution in [0, 0.1) is 0 Å². The summed E-state index contributed by atoms with van der Waals surface area (Å²) in [4.78, 5) is 14.5. The molecule has 0 fully saturated rings. The van der Waals surface area contributed by atoms with E-state index in [1.807, 2.05) is 0 Å². The van der Waals surface area contributed by atoms with E-state index in [0.29, 0.717) is 5.57 Å². The molecule has 46 valence electrons. The fraction of sp³-hybridized carbons (Fsp3) is 0.400. The van der Waals surface area contributed by atoms with Crippen molar-refractivity contribution in [3.05, 3.63) is 12.2 Å². The van der Waals surface area contributed by atoms with E-state index in [0.717, 1.165) is 0 Å². The second-order valence-corrected chi connectivity index (χ2v) is 1.51. The zero-order valence-corrected chi connectivity index (χ0v) is 4.81. The van der Waals surface area contributed by atoms with Crippen LogP contribution in [-0.4, -0.2) is 12.4 Å². The number of rotatable bonds is 3. The topological polar surface area (TPSA) is 52.3 Å². The van der Waals surface area contributed by atoms with Crippen LogP contribution in [0.1, 0.15) is 6.92 Å². The Hall–Kier alpha value is -0.670. The van der Waals surface area contributed by atoms with Crippen molar-refractivity contribution in [3.8, 4) is 0 Å². The van der Waals surface area contributed by atoms with Crippen molar-refractivity contribution in [2.45, 2.75) is 6.92 Å². The van der Waals surface area contributed by atoms with Crippen molar-refractivity contribution < 1.29 is 9.63 Å². The van der Waals surface area contributed by atoms with Crippen LogP contribution in [0.4, 0.5) is 0 Å². The zero-order chi connectivity index (χ0) is 6.57. The van der Waals surface area contributed by atoms with E-state index in [4.69, 9.17) is 0 Å². The fourth-order valence-electron chi connectivity index (χ4n) is 0.199. The molecule has 0 aliphatic heterocycles. The number of nitrogens with two attached hydrogens (primary N) is 1. The molecule has 0 aromatic heterocycles. The first kappa shape index (κ1) is 7.33. The molecule has 3 heteroatoms. The normalized spacial score (nSPS) is 8.75. The van der Waals surface area contributed by atoms with Gasteiger partial charge in [0.1, 0.15) is 6.61 Å². The smallest absolute Gasteiger partial charge is 0.185 e. The van der Waals surface area contributed by atoms with Gasteiger partial charge in [-0.2, -0.15) is 0 Å². The molecule has 3 nitrogen and oxygen atoms in total.